The molecule has 6 heteroatoms. The Morgan fingerprint density at radius 2 is 1.87 bits per heavy atom. The Morgan fingerprint density at radius 3 is 2.70 bits per heavy atom. The van der Waals surface area contributed by atoms with Crippen LogP contribution in [0.2, 0.25) is 0 Å². The summed E-state index contributed by atoms with van der Waals surface area (Å²) in [5.74, 6) is 1.02. The number of aromatic nitrogens is 2. The largest absolute Gasteiger partial charge is 0.457 e. The number of carbonyl (C=O) groups is 1. The van der Waals surface area contributed by atoms with Gasteiger partial charge < -0.3 is 14.5 Å². The van der Waals surface area contributed by atoms with Crippen LogP contribution in [0.15, 0.2) is 71.5 Å². The molecule has 4 aromatic rings. The number of furan rings is 1. The lowest BCUT2D eigenvalue weighted by atomic mass is 9.95. The number of nitrogens with zero attached hydrogens (tertiary/aromatic N) is 2. The molecule has 0 atom stereocenters. The van der Waals surface area contributed by atoms with Crippen LogP contribution in [0.5, 0.6) is 5.75 Å². The number of imidazole rings is 1. The number of ether oxygens (including phenoxy) is 1. The number of rotatable bonds is 5. The standard InChI is InChI=1S/C24H23N3O3/c28-24(20-13-8-16-29-20)30-19-12-5-4-11-18(19)22-23(25-17-9-2-1-3-10-17)27-15-7-6-14-21(27)26-22/h4-8,11-17,25H,1-3,9-10H2. The van der Waals surface area contributed by atoms with Crippen molar-refractivity contribution in [3.63, 3.8) is 0 Å². The summed E-state index contributed by atoms with van der Waals surface area (Å²) in [6.45, 7) is 0. The van der Waals surface area contributed by atoms with E-state index in [-0.39, 0.29) is 5.76 Å². The number of benzene rings is 1. The van der Waals surface area contributed by atoms with E-state index in [9.17, 15) is 4.79 Å². The lowest BCUT2D eigenvalue weighted by Gasteiger charge is -2.24. The van der Waals surface area contributed by atoms with Crippen molar-refractivity contribution in [2.24, 2.45) is 0 Å². The normalized spacial score (nSPS) is 14.7. The molecule has 0 aliphatic heterocycles. The Bertz CT molecular complexity index is 1160. The van der Waals surface area contributed by atoms with Crippen LogP contribution in [0.25, 0.3) is 16.9 Å². The van der Waals surface area contributed by atoms with Gasteiger partial charge in [-0.25, -0.2) is 9.78 Å². The van der Waals surface area contributed by atoms with Gasteiger partial charge in [-0.2, -0.15) is 0 Å². The van der Waals surface area contributed by atoms with Gasteiger partial charge in [0.15, 0.2) is 0 Å². The average molecular weight is 401 g/mol. The fourth-order valence-electron chi connectivity index (χ4n) is 4.06. The van der Waals surface area contributed by atoms with Crippen LogP contribution in [0.4, 0.5) is 5.82 Å². The molecule has 152 valence electrons. The fourth-order valence-corrected chi connectivity index (χ4v) is 4.06. The smallest absolute Gasteiger partial charge is 0.379 e. The van der Waals surface area contributed by atoms with E-state index in [2.05, 4.69) is 9.72 Å². The highest BCUT2D eigenvalue weighted by atomic mass is 16.5. The molecule has 1 N–H and O–H groups in total. The minimum absolute atomic E-state index is 0.167. The fraction of sp³-hybridized carbons (Fsp3) is 0.250. The molecule has 3 heterocycles. The molecule has 6 nitrogen and oxygen atoms in total. The first kappa shape index (κ1) is 18.5. The van der Waals surface area contributed by atoms with Gasteiger partial charge in [-0.3, -0.25) is 4.40 Å². The minimum Gasteiger partial charge on any atom is -0.457 e. The quantitative estimate of drug-likeness (QED) is 0.350. The van der Waals surface area contributed by atoms with Crippen molar-refractivity contribution in [3.05, 3.63) is 72.8 Å². The van der Waals surface area contributed by atoms with E-state index in [4.69, 9.17) is 14.1 Å². The predicted molar refractivity (Wildman–Crippen MR) is 115 cm³/mol. The Labute approximate surface area is 174 Å². The van der Waals surface area contributed by atoms with Crippen LogP contribution >= 0.6 is 0 Å². The Hall–Kier alpha value is -3.54. The maximum Gasteiger partial charge on any atom is 0.379 e. The molecule has 0 spiro atoms. The lowest BCUT2D eigenvalue weighted by Crippen LogP contribution is -2.23. The molecular weight excluding hydrogens is 378 g/mol. The van der Waals surface area contributed by atoms with Crippen LogP contribution < -0.4 is 10.1 Å². The summed E-state index contributed by atoms with van der Waals surface area (Å²) in [4.78, 5) is 17.3. The molecular formula is C24H23N3O3. The molecule has 3 aromatic heterocycles. The number of esters is 1. The molecule has 1 aliphatic rings. The summed E-state index contributed by atoms with van der Waals surface area (Å²) in [6, 6.07) is 17.1. The number of hydrogen-bond acceptors (Lipinski definition) is 5. The molecule has 0 radical (unpaired) electrons. The highest BCUT2D eigenvalue weighted by Crippen LogP contribution is 2.36. The van der Waals surface area contributed by atoms with E-state index in [0.717, 1.165) is 35.6 Å². The van der Waals surface area contributed by atoms with Gasteiger partial charge in [-0.1, -0.05) is 37.5 Å². The zero-order chi connectivity index (χ0) is 20.3. The second kappa shape index (κ2) is 8.06. The van der Waals surface area contributed by atoms with Crippen molar-refractivity contribution in [1.82, 2.24) is 9.38 Å². The van der Waals surface area contributed by atoms with Crippen molar-refractivity contribution >= 4 is 17.4 Å². The third-order valence-electron chi connectivity index (χ3n) is 5.54. The van der Waals surface area contributed by atoms with Crippen molar-refractivity contribution < 1.29 is 13.9 Å². The third kappa shape index (κ3) is 3.56. The predicted octanol–water partition coefficient (Wildman–Crippen LogP) is 5.56. The second-order valence-corrected chi connectivity index (χ2v) is 7.58. The summed E-state index contributed by atoms with van der Waals surface area (Å²) in [7, 11) is 0. The molecule has 0 bridgehead atoms. The summed E-state index contributed by atoms with van der Waals surface area (Å²) in [6.07, 6.45) is 9.53. The van der Waals surface area contributed by atoms with Crippen LogP contribution in [0, 0.1) is 0 Å². The SMILES string of the molecule is O=C(Oc1ccccc1-c1nc2ccccn2c1NC1CCCCC1)c1ccco1. The summed E-state index contributed by atoms with van der Waals surface area (Å²) in [5, 5.41) is 3.72. The molecule has 0 amide bonds. The summed E-state index contributed by atoms with van der Waals surface area (Å²) in [5.41, 5.74) is 2.38. The maximum absolute atomic E-state index is 12.5. The number of fused-ring (bicyclic) bond motifs is 1. The first-order valence-electron chi connectivity index (χ1n) is 10.4. The second-order valence-electron chi connectivity index (χ2n) is 7.58. The molecule has 1 fully saturated rings. The highest BCUT2D eigenvalue weighted by Gasteiger charge is 2.22. The molecule has 0 saturated heterocycles. The van der Waals surface area contributed by atoms with Gasteiger partial charge in [0.1, 0.15) is 22.9 Å². The lowest BCUT2D eigenvalue weighted by molar-refractivity contribution is 0.0702. The monoisotopic (exact) mass is 401 g/mol. The van der Waals surface area contributed by atoms with Crippen molar-refractivity contribution in [2.45, 2.75) is 38.1 Å². The van der Waals surface area contributed by atoms with Gasteiger partial charge in [0.05, 0.1) is 6.26 Å². The Morgan fingerprint density at radius 1 is 1.03 bits per heavy atom. The number of anilines is 1. The van der Waals surface area contributed by atoms with Crippen LogP contribution in [0.3, 0.4) is 0 Å². The van der Waals surface area contributed by atoms with Crippen LogP contribution in [-0.4, -0.2) is 21.4 Å². The van der Waals surface area contributed by atoms with E-state index in [1.54, 1.807) is 18.2 Å². The molecule has 5 rings (SSSR count). The number of hydrogen-bond donors (Lipinski definition) is 1. The van der Waals surface area contributed by atoms with Crippen molar-refractivity contribution in [1.29, 1.82) is 0 Å². The maximum atomic E-state index is 12.5. The molecule has 1 aliphatic carbocycles. The molecule has 1 saturated carbocycles. The first-order chi connectivity index (χ1) is 14.8. The zero-order valence-electron chi connectivity index (χ0n) is 16.6. The first-order valence-corrected chi connectivity index (χ1v) is 10.4. The molecule has 1 aromatic carbocycles. The number of para-hydroxylation sites is 1. The van der Waals surface area contributed by atoms with Gasteiger partial charge in [0.2, 0.25) is 5.76 Å². The summed E-state index contributed by atoms with van der Waals surface area (Å²) < 4.78 is 12.9. The molecule has 30 heavy (non-hydrogen) atoms. The van der Waals surface area contributed by atoms with E-state index in [0.29, 0.717) is 11.8 Å². The van der Waals surface area contributed by atoms with E-state index in [1.807, 2.05) is 42.6 Å². The Balaban J connectivity index is 1.56. The van der Waals surface area contributed by atoms with Gasteiger partial charge in [-0.05, 0) is 49.2 Å². The van der Waals surface area contributed by atoms with Crippen molar-refractivity contribution in [3.8, 4) is 17.0 Å². The Kier molecular flexibility index (Phi) is 4.97. The molecule has 0 unspecified atom stereocenters. The van der Waals surface area contributed by atoms with E-state index >= 15 is 0 Å². The van der Waals surface area contributed by atoms with Crippen molar-refractivity contribution in [2.75, 3.05) is 5.32 Å². The number of carbonyl (C=O) groups excluding carboxylic acids is 1. The van der Waals surface area contributed by atoms with Gasteiger partial charge in [0.25, 0.3) is 0 Å². The van der Waals surface area contributed by atoms with Gasteiger partial charge in [-0.15, -0.1) is 0 Å². The number of pyridine rings is 1. The van der Waals surface area contributed by atoms with Gasteiger partial charge >= 0.3 is 5.97 Å². The van der Waals surface area contributed by atoms with Crippen LogP contribution in [0.1, 0.15) is 42.7 Å². The minimum atomic E-state index is -0.530. The average Bonchev–Trinajstić information content (AvgIpc) is 3.44. The summed E-state index contributed by atoms with van der Waals surface area (Å²) >= 11 is 0. The van der Waals surface area contributed by atoms with Gasteiger partial charge in [0, 0.05) is 17.8 Å². The van der Waals surface area contributed by atoms with E-state index < -0.39 is 5.97 Å². The zero-order valence-corrected chi connectivity index (χ0v) is 16.6. The topological polar surface area (TPSA) is 68.8 Å². The van der Waals surface area contributed by atoms with E-state index in [1.165, 1.54) is 25.5 Å². The van der Waals surface area contributed by atoms with Crippen LogP contribution in [-0.2, 0) is 0 Å². The number of nitrogens with one attached hydrogen (secondary N) is 1. The third-order valence-corrected chi connectivity index (χ3v) is 5.54. The highest BCUT2D eigenvalue weighted by molar-refractivity contribution is 5.90.